The number of phenolic OH excluding ortho intramolecular Hbond substituents is 1. The SMILES string of the molecule is CCC(C)(C)c1ccc(-n2c(-c3cc(C(C)C)cc(C(C)C)c3O)nc3c(-c4[c-]c(-c5cc(-c6ccccc6)ccn5)cc(-c5ccccc5)c4)cccc32)c(-c2ccccc2)c1.[Pt]. The minimum Gasteiger partial charge on any atom is -0.507 e. The standard InChI is InChI=1S/C59H54N3O.Pt/c1-8-59(6,7)48-27-28-54(51(37-48)42-23-16-11-17-24-42)62-55-26-18-25-49(56(55)61-58(62)52-35-44(38(2)3)34-50(39(4)5)57(52)63)46-31-45(41-21-14-10-15-22-41)32-47(33-46)53-36-43(29-30-60-53)40-19-12-9-13-20-40;/h9-32,34-39,63H,8H2,1-7H3;/q-1;. The number of aromatic hydroxyl groups is 1. The van der Waals surface area contributed by atoms with Gasteiger partial charge in [-0.1, -0.05) is 186 Å². The van der Waals surface area contributed by atoms with Crippen molar-refractivity contribution in [3.63, 3.8) is 0 Å². The molecular formula is C59H54N3OPt-. The Balaban J connectivity index is 0.00000560. The van der Waals surface area contributed by atoms with Crippen LogP contribution in [0.4, 0.5) is 0 Å². The van der Waals surface area contributed by atoms with Crippen molar-refractivity contribution in [1.29, 1.82) is 0 Å². The van der Waals surface area contributed by atoms with Crippen LogP contribution < -0.4 is 0 Å². The van der Waals surface area contributed by atoms with Gasteiger partial charge >= 0.3 is 0 Å². The molecule has 5 heteroatoms. The molecule has 0 radical (unpaired) electrons. The van der Waals surface area contributed by atoms with Gasteiger partial charge in [-0.2, -0.15) is 0 Å². The molecule has 1 N–H and O–H groups in total. The van der Waals surface area contributed by atoms with Crippen molar-refractivity contribution in [2.75, 3.05) is 0 Å². The van der Waals surface area contributed by atoms with Crippen LogP contribution in [0.3, 0.4) is 0 Å². The van der Waals surface area contributed by atoms with E-state index in [9.17, 15) is 5.11 Å². The molecule has 7 aromatic carbocycles. The van der Waals surface area contributed by atoms with Crippen LogP contribution in [0.5, 0.6) is 5.75 Å². The van der Waals surface area contributed by atoms with E-state index in [0.29, 0.717) is 11.4 Å². The number of imidazole rings is 1. The van der Waals surface area contributed by atoms with E-state index in [1.54, 1.807) is 0 Å². The third kappa shape index (κ3) is 8.52. The third-order valence-corrected chi connectivity index (χ3v) is 12.8. The molecule has 0 saturated carbocycles. The van der Waals surface area contributed by atoms with Crippen LogP contribution in [0.2, 0.25) is 0 Å². The molecular weight excluding hydrogens is 962 g/mol. The summed E-state index contributed by atoms with van der Waals surface area (Å²) in [6.07, 6.45) is 2.89. The number of rotatable bonds is 11. The predicted octanol–water partition coefficient (Wildman–Crippen LogP) is 15.9. The maximum Gasteiger partial charge on any atom is 0.148 e. The first-order valence-electron chi connectivity index (χ1n) is 22.2. The van der Waals surface area contributed by atoms with Crippen LogP contribution >= 0.6 is 0 Å². The van der Waals surface area contributed by atoms with Crippen molar-refractivity contribution in [2.45, 2.75) is 72.1 Å². The maximum absolute atomic E-state index is 12.3. The minimum absolute atomic E-state index is 0. The molecule has 0 aliphatic heterocycles. The Kier molecular flexibility index (Phi) is 12.7. The van der Waals surface area contributed by atoms with Gasteiger partial charge in [0.1, 0.15) is 11.6 Å². The molecule has 9 aromatic rings. The first kappa shape index (κ1) is 44.3. The van der Waals surface area contributed by atoms with Crippen LogP contribution in [0.15, 0.2) is 170 Å². The van der Waals surface area contributed by atoms with E-state index in [0.717, 1.165) is 90.0 Å². The number of aromatic nitrogens is 3. The van der Waals surface area contributed by atoms with Crippen molar-refractivity contribution in [1.82, 2.24) is 14.5 Å². The van der Waals surface area contributed by atoms with E-state index in [-0.39, 0.29) is 44.1 Å². The van der Waals surface area contributed by atoms with Gasteiger partial charge in [0, 0.05) is 38.5 Å². The molecule has 0 aliphatic rings. The molecule has 64 heavy (non-hydrogen) atoms. The molecule has 0 spiro atoms. The van der Waals surface area contributed by atoms with Crippen LogP contribution in [-0.4, -0.2) is 19.6 Å². The molecule has 9 rings (SSSR count). The molecule has 0 atom stereocenters. The van der Waals surface area contributed by atoms with Crippen LogP contribution in [0, 0.1) is 6.07 Å². The van der Waals surface area contributed by atoms with Crippen molar-refractivity contribution in [3.8, 4) is 78.6 Å². The summed E-state index contributed by atoms with van der Waals surface area (Å²) in [5.41, 5.74) is 17.0. The molecule has 0 unspecified atom stereocenters. The maximum atomic E-state index is 12.3. The summed E-state index contributed by atoms with van der Waals surface area (Å²) in [6, 6.07) is 61.7. The fourth-order valence-corrected chi connectivity index (χ4v) is 8.61. The zero-order valence-corrected chi connectivity index (χ0v) is 39.9. The zero-order valence-electron chi connectivity index (χ0n) is 37.6. The van der Waals surface area contributed by atoms with Crippen molar-refractivity contribution < 1.29 is 26.2 Å². The predicted molar refractivity (Wildman–Crippen MR) is 263 cm³/mol. The second-order valence-corrected chi connectivity index (χ2v) is 18.0. The van der Waals surface area contributed by atoms with E-state index in [1.165, 1.54) is 5.56 Å². The smallest absolute Gasteiger partial charge is 0.148 e. The van der Waals surface area contributed by atoms with Gasteiger partial charge in [0.05, 0.1) is 22.3 Å². The van der Waals surface area contributed by atoms with Gasteiger partial charge in [0.15, 0.2) is 0 Å². The second-order valence-electron chi connectivity index (χ2n) is 18.0. The van der Waals surface area contributed by atoms with Crippen LogP contribution in [0.1, 0.15) is 83.4 Å². The van der Waals surface area contributed by atoms with E-state index < -0.39 is 0 Å². The summed E-state index contributed by atoms with van der Waals surface area (Å²) >= 11 is 0. The molecule has 0 saturated heterocycles. The number of fused-ring (bicyclic) bond motifs is 1. The first-order valence-corrected chi connectivity index (χ1v) is 22.2. The van der Waals surface area contributed by atoms with Crippen LogP contribution in [-0.2, 0) is 26.5 Å². The number of hydrogen-bond acceptors (Lipinski definition) is 3. The van der Waals surface area contributed by atoms with Crippen molar-refractivity contribution in [3.05, 3.63) is 193 Å². The number of phenols is 1. The van der Waals surface area contributed by atoms with Gasteiger partial charge < -0.3 is 5.11 Å². The van der Waals surface area contributed by atoms with E-state index >= 15 is 0 Å². The monoisotopic (exact) mass is 1020 g/mol. The van der Waals surface area contributed by atoms with Gasteiger partial charge in [0.2, 0.25) is 0 Å². The van der Waals surface area contributed by atoms with E-state index in [1.807, 2.05) is 18.3 Å². The summed E-state index contributed by atoms with van der Waals surface area (Å²) < 4.78 is 2.28. The summed E-state index contributed by atoms with van der Waals surface area (Å²) in [4.78, 5) is 10.6. The van der Waals surface area contributed by atoms with Crippen LogP contribution in [0.25, 0.3) is 83.9 Å². The Morgan fingerprint density at radius 2 is 1.23 bits per heavy atom. The Hall–Kier alpha value is -6.35. The Labute approximate surface area is 393 Å². The topological polar surface area (TPSA) is 50.9 Å². The van der Waals surface area contributed by atoms with Gasteiger partial charge in [-0.05, 0) is 92.9 Å². The molecule has 322 valence electrons. The Bertz CT molecular complexity index is 3080. The molecule has 0 amide bonds. The Morgan fingerprint density at radius 1 is 0.594 bits per heavy atom. The number of nitrogens with zero attached hydrogens (tertiary/aromatic N) is 3. The average molecular weight is 1020 g/mol. The van der Waals surface area contributed by atoms with Crippen molar-refractivity contribution in [2.24, 2.45) is 0 Å². The second kappa shape index (κ2) is 18.4. The summed E-state index contributed by atoms with van der Waals surface area (Å²) in [6.45, 7) is 15.6. The number of para-hydroxylation sites is 1. The van der Waals surface area contributed by atoms with Crippen molar-refractivity contribution >= 4 is 11.0 Å². The fraction of sp³-hybridized carbons (Fsp3) is 0.186. The molecule has 0 aliphatic carbocycles. The fourth-order valence-electron chi connectivity index (χ4n) is 8.61. The largest absolute Gasteiger partial charge is 0.507 e. The minimum atomic E-state index is -0.0299. The quantitative estimate of drug-likeness (QED) is 0.131. The molecule has 2 heterocycles. The normalized spacial score (nSPS) is 11.6. The summed E-state index contributed by atoms with van der Waals surface area (Å²) in [5, 5.41) is 12.3. The summed E-state index contributed by atoms with van der Waals surface area (Å²) in [7, 11) is 0. The molecule has 0 bridgehead atoms. The third-order valence-electron chi connectivity index (χ3n) is 12.8. The average Bonchev–Trinajstić information content (AvgIpc) is 3.71. The van der Waals surface area contributed by atoms with E-state index in [4.69, 9.17) is 9.97 Å². The molecule has 0 fully saturated rings. The number of hydrogen-bond donors (Lipinski definition) is 1. The van der Waals surface area contributed by atoms with Gasteiger partial charge in [-0.25, -0.2) is 4.98 Å². The zero-order chi connectivity index (χ0) is 43.8. The Morgan fingerprint density at radius 3 is 1.88 bits per heavy atom. The number of benzene rings is 7. The van der Waals surface area contributed by atoms with Gasteiger partial charge in [-0.3, -0.25) is 9.55 Å². The number of pyridine rings is 1. The van der Waals surface area contributed by atoms with Gasteiger partial charge in [-0.15, -0.1) is 23.8 Å². The molecule has 4 nitrogen and oxygen atoms in total. The van der Waals surface area contributed by atoms with Gasteiger partial charge in [0.25, 0.3) is 0 Å². The first-order chi connectivity index (χ1) is 30.5. The van der Waals surface area contributed by atoms with E-state index in [2.05, 4.69) is 211 Å². The molecule has 2 aromatic heterocycles. The summed E-state index contributed by atoms with van der Waals surface area (Å²) in [5.74, 6) is 1.31.